The van der Waals surface area contributed by atoms with E-state index >= 15 is 0 Å². The fourth-order valence-corrected chi connectivity index (χ4v) is 2.55. The maximum atomic E-state index is 12.5. The monoisotopic (exact) mass is 188 g/mol. The molecule has 0 spiro atoms. The number of hydrogen-bond donors (Lipinski definition) is 1. The summed E-state index contributed by atoms with van der Waals surface area (Å²) in [6, 6.07) is 0. The first-order valence-corrected chi connectivity index (χ1v) is 4.30. The summed E-state index contributed by atoms with van der Waals surface area (Å²) in [4.78, 5) is 10.7. The summed E-state index contributed by atoms with van der Waals surface area (Å²) in [6.07, 6.45) is 1.58. The van der Waals surface area contributed by atoms with E-state index in [0.29, 0.717) is 6.42 Å². The molecule has 2 rings (SSSR count). The second kappa shape index (κ2) is 2.79. The van der Waals surface area contributed by atoms with Gasteiger partial charge in [-0.2, -0.15) is 0 Å². The fraction of sp³-hybridized carbons (Fsp3) is 0.667. The van der Waals surface area contributed by atoms with Gasteiger partial charge in [-0.15, -0.1) is 0 Å². The minimum atomic E-state index is -2.51. The van der Waals surface area contributed by atoms with Crippen molar-refractivity contribution < 1.29 is 18.7 Å². The van der Waals surface area contributed by atoms with Gasteiger partial charge < -0.3 is 5.11 Å². The molecule has 0 heterocycles. The minimum Gasteiger partial charge on any atom is -0.481 e. The molecule has 0 aromatic carbocycles. The molecule has 13 heavy (non-hydrogen) atoms. The summed E-state index contributed by atoms with van der Waals surface area (Å²) < 4.78 is 25.0. The van der Waals surface area contributed by atoms with Gasteiger partial charge in [0.25, 0.3) is 0 Å². The number of carboxylic acid groups (broad SMARTS) is 1. The predicted octanol–water partition coefficient (Wildman–Crippen LogP) is 1.77. The predicted molar refractivity (Wildman–Crippen MR) is 41.4 cm³/mol. The Balaban J connectivity index is 2.25. The van der Waals surface area contributed by atoms with E-state index in [2.05, 4.69) is 0 Å². The zero-order valence-electron chi connectivity index (χ0n) is 6.86. The minimum absolute atomic E-state index is 0.165. The van der Waals surface area contributed by atoms with E-state index in [0.717, 1.165) is 0 Å². The fourth-order valence-electron chi connectivity index (χ4n) is 2.55. The third-order valence-electron chi connectivity index (χ3n) is 3.10. The van der Waals surface area contributed by atoms with Gasteiger partial charge in [0.05, 0.1) is 5.92 Å². The van der Waals surface area contributed by atoms with Crippen molar-refractivity contribution >= 4 is 5.97 Å². The molecule has 0 aliphatic heterocycles. The van der Waals surface area contributed by atoms with E-state index < -0.39 is 24.2 Å². The van der Waals surface area contributed by atoms with E-state index in [4.69, 9.17) is 5.11 Å². The lowest BCUT2D eigenvalue weighted by Gasteiger charge is -2.23. The molecule has 72 valence electrons. The van der Waals surface area contributed by atoms with Crippen LogP contribution in [0.3, 0.4) is 0 Å². The third kappa shape index (κ3) is 1.16. The van der Waals surface area contributed by atoms with Gasteiger partial charge in [-0.05, 0) is 18.3 Å². The average Bonchev–Trinajstić information content (AvgIpc) is 2.60. The van der Waals surface area contributed by atoms with Gasteiger partial charge in [0.2, 0.25) is 6.43 Å². The lowest BCUT2D eigenvalue weighted by molar-refractivity contribution is -0.146. The third-order valence-corrected chi connectivity index (χ3v) is 3.10. The van der Waals surface area contributed by atoms with Crippen molar-refractivity contribution in [2.75, 3.05) is 0 Å². The molecule has 2 aliphatic carbocycles. The van der Waals surface area contributed by atoms with Gasteiger partial charge >= 0.3 is 5.97 Å². The van der Waals surface area contributed by atoms with Crippen molar-refractivity contribution in [3.63, 3.8) is 0 Å². The van der Waals surface area contributed by atoms with Crippen LogP contribution >= 0.6 is 0 Å². The Kier molecular flexibility index (Phi) is 1.86. The van der Waals surface area contributed by atoms with E-state index in [9.17, 15) is 13.6 Å². The Hall–Kier alpha value is -0.930. The molecule has 0 radical (unpaired) electrons. The number of fused-ring (bicyclic) bond motifs is 2. The first-order valence-electron chi connectivity index (χ1n) is 4.30. The second-order valence-corrected chi connectivity index (χ2v) is 3.72. The molecule has 2 nitrogen and oxygen atoms in total. The number of rotatable bonds is 2. The lowest BCUT2D eigenvalue weighted by Crippen LogP contribution is -2.31. The molecule has 4 atom stereocenters. The number of hydrogen-bond acceptors (Lipinski definition) is 1. The van der Waals surface area contributed by atoms with Crippen LogP contribution < -0.4 is 0 Å². The Morgan fingerprint density at radius 1 is 1.38 bits per heavy atom. The standard InChI is InChI=1S/C9H10F2O2/c10-8(11)6-4-1-2-5(3-4)7(6)9(12)13/h1-2,4-8H,3H2,(H,12,13)/t4-,5+,6-,7-/m0/s1. The van der Waals surface area contributed by atoms with Crippen LogP contribution in [0.2, 0.25) is 0 Å². The van der Waals surface area contributed by atoms with Crippen molar-refractivity contribution in [3.8, 4) is 0 Å². The highest BCUT2D eigenvalue weighted by Gasteiger charge is 2.52. The Labute approximate surface area is 74.2 Å². The van der Waals surface area contributed by atoms with E-state index in [1.807, 2.05) is 0 Å². The van der Waals surface area contributed by atoms with Crippen LogP contribution in [-0.4, -0.2) is 17.5 Å². The summed E-state index contributed by atoms with van der Waals surface area (Å²) in [5, 5.41) is 8.79. The largest absolute Gasteiger partial charge is 0.481 e. The van der Waals surface area contributed by atoms with E-state index in [1.54, 1.807) is 12.2 Å². The molecular formula is C9H10F2O2. The van der Waals surface area contributed by atoms with Crippen molar-refractivity contribution in [2.24, 2.45) is 23.7 Å². The van der Waals surface area contributed by atoms with Crippen LogP contribution in [0.5, 0.6) is 0 Å². The van der Waals surface area contributed by atoms with Crippen LogP contribution in [0.25, 0.3) is 0 Å². The second-order valence-electron chi connectivity index (χ2n) is 3.72. The number of alkyl halides is 2. The van der Waals surface area contributed by atoms with Gasteiger partial charge in [-0.3, -0.25) is 4.79 Å². The van der Waals surface area contributed by atoms with Crippen molar-refractivity contribution in [1.82, 2.24) is 0 Å². The maximum absolute atomic E-state index is 12.5. The van der Waals surface area contributed by atoms with Crippen molar-refractivity contribution in [1.29, 1.82) is 0 Å². The molecule has 2 aliphatic rings. The summed E-state index contributed by atoms with van der Waals surface area (Å²) >= 11 is 0. The molecule has 1 fully saturated rings. The number of carbonyl (C=O) groups is 1. The van der Waals surface area contributed by atoms with Gasteiger partial charge in [0.15, 0.2) is 0 Å². The van der Waals surface area contributed by atoms with Crippen molar-refractivity contribution in [2.45, 2.75) is 12.8 Å². The number of carboxylic acids is 1. The van der Waals surface area contributed by atoms with Crippen molar-refractivity contribution in [3.05, 3.63) is 12.2 Å². The Morgan fingerprint density at radius 2 is 2.00 bits per heavy atom. The van der Waals surface area contributed by atoms with E-state index in [-0.39, 0.29) is 11.8 Å². The zero-order chi connectivity index (χ0) is 9.59. The van der Waals surface area contributed by atoms with Crippen LogP contribution in [0.1, 0.15) is 6.42 Å². The zero-order valence-corrected chi connectivity index (χ0v) is 6.86. The molecule has 4 heteroatoms. The Morgan fingerprint density at radius 3 is 2.46 bits per heavy atom. The highest BCUT2D eigenvalue weighted by Crippen LogP contribution is 2.50. The SMILES string of the molecule is O=C(O)[C@@H]1[C@@H](C(F)F)[C@H]2C=C[C@@H]1C2. The van der Waals surface area contributed by atoms with Gasteiger partial charge in [-0.25, -0.2) is 8.78 Å². The van der Waals surface area contributed by atoms with Gasteiger partial charge in [0.1, 0.15) is 0 Å². The first-order chi connectivity index (χ1) is 6.11. The number of aliphatic carboxylic acids is 1. The molecule has 0 amide bonds. The quantitative estimate of drug-likeness (QED) is 0.670. The van der Waals surface area contributed by atoms with Crippen LogP contribution in [-0.2, 0) is 4.79 Å². The highest BCUT2D eigenvalue weighted by atomic mass is 19.3. The van der Waals surface area contributed by atoms with Crippen LogP contribution in [0, 0.1) is 23.7 Å². The summed E-state index contributed by atoms with van der Waals surface area (Å²) in [6.45, 7) is 0. The van der Waals surface area contributed by atoms with E-state index in [1.165, 1.54) is 0 Å². The Bertz CT molecular complexity index is 262. The number of halogens is 2. The molecule has 0 aromatic rings. The average molecular weight is 188 g/mol. The lowest BCUT2D eigenvalue weighted by atomic mass is 9.83. The topological polar surface area (TPSA) is 37.3 Å². The summed E-state index contributed by atoms with van der Waals surface area (Å²) in [7, 11) is 0. The number of allylic oxidation sites excluding steroid dienone is 2. The first kappa shape index (κ1) is 8.66. The van der Waals surface area contributed by atoms with Crippen LogP contribution in [0.15, 0.2) is 12.2 Å². The smallest absolute Gasteiger partial charge is 0.307 e. The van der Waals surface area contributed by atoms with Gasteiger partial charge in [-0.1, -0.05) is 12.2 Å². The van der Waals surface area contributed by atoms with Gasteiger partial charge in [0, 0.05) is 5.92 Å². The highest BCUT2D eigenvalue weighted by molar-refractivity contribution is 5.72. The maximum Gasteiger partial charge on any atom is 0.307 e. The molecule has 1 saturated carbocycles. The normalized spacial score (nSPS) is 41.8. The summed E-state index contributed by atoms with van der Waals surface area (Å²) in [5.74, 6) is -3.29. The molecular weight excluding hydrogens is 178 g/mol. The molecule has 0 aromatic heterocycles. The molecule has 0 saturated heterocycles. The molecule has 1 N–H and O–H groups in total. The molecule has 0 unspecified atom stereocenters. The molecule has 2 bridgehead atoms. The van der Waals surface area contributed by atoms with Crippen LogP contribution in [0.4, 0.5) is 8.78 Å². The summed E-state index contributed by atoms with van der Waals surface area (Å²) in [5.41, 5.74) is 0.